The van der Waals surface area contributed by atoms with E-state index >= 15 is 0 Å². The lowest BCUT2D eigenvalue weighted by molar-refractivity contribution is -0.129. The van der Waals surface area contributed by atoms with Crippen molar-refractivity contribution in [3.63, 3.8) is 0 Å². The summed E-state index contributed by atoms with van der Waals surface area (Å²) in [6, 6.07) is 1.85. The highest BCUT2D eigenvalue weighted by molar-refractivity contribution is 5.85. The summed E-state index contributed by atoms with van der Waals surface area (Å²) in [5.41, 5.74) is 6.12. The zero-order chi connectivity index (χ0) is 12.4. The van der Waals surface area contributed by atoms with Gasteiger partial charge < -0.3 is 20.3 Å². The van der Waals surface area contributed by atoms with Gasteiger partial charge in [-0.15, -0.1) is 12.4 Å². The molecule has 0 spiro atoms. The molecule has 1 aromatic heterocycles. The van der Waals surface area contributed by atoms with Gasteiger partial charge in [0.25, 0.3) is 0 Å². The molecular formula is C11H18ClN3O3. The first-order valence-electron chi connectivity index (χ1n) is 5.68. The van der Waals surface area contributed by atoms with Crippen molar-refractivity contribution in [2.75, 3.05) is 19.6 Å². The number of carbonyl (C=O) groups excluding carboxylic acids is 1. The monoisotopic (exact) mass is 275 g/mol. The van der Waals surface area contributed by atoms with Crippen molar-refractivity contribution in [2.45, 2.75) is 19.4 Å². The molecule has 3 N–H and O–H groups in total. The van der Waals surface area contributed by atoms with Crippen molar-refractivity contribution in [2.24, 2.45) is 11.7 Å². The van der Waals surface area contributed by atoms with E-state index in [4.69, 9.17) is 10.3 Å². The highest BCUT2D eigenvalue weighted by Crippen LogP contribution is 2.21. The number of aliphatic hydroxyl groups is 1. The molecule has 102 valence electrons. The molecule has 1 amide bonds. The third-order valence-electron chi connectivity index (χ3n) is 3.07. The Morgan fingerprint density at radius 3 is 2.94 bits per heavy atom. The highest BCUT2D eigenvalue weighted by atomic mass is 35.5. The molecule has 0 aliphatic carbocycles. The van der Waals surface area contributed by atoms with E-state index in [1.807, 2.05) is 13.0 Å². The van der Waals surface area contributed by atoms with Gasteiger partial charge in [0.05, 0.1) is 18.3 Å². The molecule has 0 aromatic carbocycles. The van der Waals surface area contributed by atoms with Crippen molar-refractivity contribution in [3.8, 4) is 0 Å². The first-order valence-corrected chi connectivity index (χ1v) is 5.68. The SMILES string of the molecule is Cc1cc(C[C@@H]2CN(C(=O)CN)C[C@@H]2O)on1.Cl. The van der Waals surface area contributed by atoms with Crippen molar-refractivity contribution in [3.05, 3.63) is 17.5 Å². The Kier molecular flexibility index (Phi) is 5.13. The Labute approximate surface area is 112 Å². The fourth-order valence-corrected chi connectivity index (χ4v) is 2.16. The van der Waals surface area contributed by atoms with Gasteiger partial charge in [-0.05, 0) is 6.92 Å². The number of aromatic nitrogens is 1. The van der Waals surface area contributed by atoms with E-state index < -0.39 is 6.10 Å². The Morgan fingerprint density at radius 2 is 2.39 bits per heavy atom. The van der Waals surface area contributed by atoms with Gasteiger partial charge in [0.1, 0.15) is 5.76 Å². The summed E-state index contributed by atoms with van der Waals surface area (Å²) in [6.45, 7) is 2.72. The maximum absolute atomic E-state index is 11.4. The molecule has 1 saturated heterocycles. The van der Waals surface area contributed by atoms with Crippen molar-refractivity contribution in [1.29, 1.82) is 0 Å². The standard InChI is InChI=1S/C11H17N3O3.ClH/c1-7-2-9(17-13-7)3-8-5-14(6-10(8)15)11(16)4-12;/h2,8,10,15H,3-6,12H2,1H3;1H/t8-,10+;/m1./s1. The number of nitrogens with zero attached hydrogens (tertiary/aromatic N) is 2. The van der Waals surface area contributed by atoms with Crippen molar-refractivity contribution < 1.29 is 14.4 Å². The van der Waals surface area contributed by atoms with E-state index in [0.717, 1.165) is 11.5 Å². The van der Waals surface area contributed by atoms with Crippen LogP contribution in [0.25, 0.3) is 0 Å². The second-order valence-corrected chi connectivity index (χ2v) is 4.47. The zero-order valence-corrected chi connectivity index (χ0v) is 11.0. The van der Waals surface area contributed by atoms with Crippen LogP contribution in [0.3, 0.4) is 0 Å². The number of hydrogen-bond donors (Lipinski definition) is 2. The molecule has 7 heteroatoms. The van der Waals surface area contributed by atoms with Crippen LogP contribution < -0.4 is 5.73 Å². The number of aryl methyl sites for hydroxylation is 1. The highest BCUT2D eigenvalue weighted by Gasteiger charge is 2.34. The van der Waals surface area contributed by atoms with Crippen LogP contribution in [0.15, 0.2) is 10.6 Å². The number of β-amino-alcohol motifs (C(OH)–C–C–N with tert-alkyl or cyclic N) is 1. The van der Waals surface area contributed by atoms with Gasteiger partial charge >= 0.3 is 0 Å². The minimum atomic E-state index is -0.518. The first-order chi connectivity index (χ1) is 8.10. The minimum absolute atomic E-state index is 0. The molecule has 6 nitrogen and oxygen atoms in total. The number of rotatable bonds is 3. The molecule has 1 aromatic rings. The van der Waals surface area contributed by atoms with Gasteiger partial charge in [0.2, 0.25) is 5.91 Å². The van der Waals surface area contributed by atoms with Crippen LogP contribution in [0.4, 0.5) is 0 Å². The number of nitrogens with two attached hydrogens (primary N) is 1. The minimum Gasteiger partial charge on any atom is -0.391 e. The fourth-order valence-electron chi connectivity index (χ4n) is 2.16. The van der Waals surface area contributed by atoms with Crippen LogP contribution in [0, 0.1) is 12.8 Å². The van der Waals surface area contributed by atoms with E-state index in [2.05, 4.69) is 5.16 Å². The van der Waals surface area contributed by atoms with E-state index in [1.54, 1.807) is 4.90 Å². The largest absolute Gasteiger partial charge is 0.391 e. The van der Waals surface area contributed by atoms with Crippen LogP contribution in [-0.2, 0) is 11.2 Å². The lowest BCUT2D eigenvalue weighted by atomic mass is 10.0. The summed E-state index contributed by atoms with van der Waals surface area (Å²) >= 11 is 0. The van der Waals surface area contributed by atoms with Crippen LogP contribution in [-0.4, -0.2) is 46.8 Å². The van der Waals surface area contributed by atoms with Crippen LogP contribution in [0.2, 0.25) is 0 Å². The third kappa shape index (κ3) is 3.22. The molecule has 2 heterocycles. The molecule has 0 saturated carbocycles. The summed E-state index contributed by atoms with van der Waals surface area (Å²) in [7, 11) is 0. The quantitative estimate of drug-likeness (QED) is 0.792. The average Bonchev–Trinajstić information content (AvgIpc) is 2.86. The second kappa shape index (κ2) is 6.17. The topological polar surface area (TPSA) is 92.6 Å². The lowest BCUT2D eigenvalue weighted by Gasteiger charge is -2.14. The van der Waals surface area contributed by atoms with E-state index in [9.17, 15) is 9.90 Å². The van der Waals surface area contributed by atoms with E-state index in [0.29, 0.717) is 19.5 Å². The lowest BCUT2D eigenvalue weighted by Crippen LogP contribution is -2.34. The number of halogens is 1. The molecule has 2 atom stereocenters. The summed E-state index contributed by atoms with van der Waals surface area (Å²) < 4.78 is 5.11. The second-order valence-electron chi connectivity index (χ2n) is 4.47. The van der Waals surface area contributed by atoms with Gasteiger partial charge in [-0.25, -0.2) is 0 Å². The van der Waals surface area contributed by atoms with Crippen LogP contribution >= 0.6 is 12.4 Å². The first kappa shape index (κ1) is 14.9. The number of aliphatic hydroxyl groups excluding tert-OH is 1. The maximum atomic E-state index is 11.4. The molecule has 1 aliphatic heterocycles. The fraction of sp³-hybridized carbons (Fsp3) is 0.636. The molecule has 0 unspecified atom stereocenters. The number of carbonyl (C=O) groups is 1. The van der Waals surface area contributed by atoms with Crippen molar-refractivity contribution in [1.82, 2.24) is 10.1 Å². The average molecular weight is 276 g/mol. The molecule has 2 rings (SSSR count). The Bertz CT molecular complexity index is 410. The van der Waals surface area contributed by atoms with Crippen LogP contribution in [0.1, 0.15) is 11.5 Å². The van der Waals surface area contributed by atoms with Gasteiger partial charge in [-0.3, -0.25) is 4.79 Å². The predicted molar refractivity (Wildman–Crippen MR) is 67.3 cm³/mol. The van der Waals surface area contributed by atoms with Gasteiger partial charge in [-0.1, -0.05) is 5.16 Å². The van der Waals surface area contributed by atoms with Gasteiger partial charge in [0, 0.05) is 31.5 Å². The molecule has 0 radical (unpaired) electrons. The zero-order valence-electron chi connectivity index (χ0n) is 10.2. The van der Waals surface area contributed by atoms with Gasteiger partial charge in [-0.2, -0.15) is 0 Å². The normalized spacial score (nSPS) is 22.9. The summed E-state index contributed by atoms with van der Waals surface area (Å²) in [5, 5.41) is 13.7. The molecular weight excluding hydrogens is 258 g/mol. The van der Waals surface area contributed by atoms with Gasteiger partial charge in [0.15, 0.2) is 0 Å². The molecule has 18 heavy (non-hydrogen) atoms. The third-order valence-corrected chi connectivity index (χ3v) is 3.07. The van der Waals surface area contributed by atoms with E-state index in [-0.39, 0.29) is 30.8 Å². The Morgan fingerprint density at radius 1 is 1.67 bits per heavy atom. The molecule has 1 fully saturated rings. The number of amides is 1. The molecule has 0 bridgehead atoms. The Balaban J connectivity index is 0.00000162. The van der Waals surface area contributed by atoms with E-state index in [1.165, 1.54) is 0 Å². The Hall–Kier alpha value is -1.11. The smallest absolute Gasteiger partial charge is 0.236 e. The summed E-state index contributed by atoms with van der Waals surface area (Å²) in [4.78, 5) is 13.0. The summed E-state index contributed by atoms with van der Waals surface area (Å²) in [5.74, 6) is 0.617. The van der Waals surface area contributed by atoms with Crippen LogP contribution in [0.5, 0.6) is 0 Å². The predicted octanol–water partition coefficient (Wildman–Crippen LogP) is -0.275. The summed E-state index contributed by atoms with van der Waals surface area (Å²) in [6.07, 6.45) is 0.0759. The number of likely N-dealkylation sites (tertiary alicyclic amines) is 1. The van der Waals surface area contributed by atoms with Crippen molar-refractivity contribution >= 4 is 18.3 Å². The maximum Gasteiger partial charge on any atom is 0.236 e. The number of hydrogen-bond acceptors (Lipinski definition) is 5. The molecule has 1 aliphatic rings.